The normalized spacial score (nSPS) is 12.3. The van der Waals surface area contributed by atoms with Gasteiger partial charge in [0.15, 0.2) is 0 Å². The van der Waals surface area contributed by atoms with Crippen LogP contribution in [0.1, 0.15) is 131 Å². The Morgan fingerprint density at radius 2 is 1.37 bits per heavy atom. The minimum Gasteiger partial charge on any atom is -0.466 e. The third-order valence-corrected chi connectivity index (χ3v) is 13.6. The lowest BCUT2D eigenvalue weighted by Gasteiger charge is -2.34. The monoisotopic (exact) mass is 907 g/mol. The maximum Gasteiger partial charge on any atom is 0.337 e. The number of nitrogens with zero attached hydrogens (tertiary/aromatic N) is 3. The maximum absolute atomic E-state index is 14.1. The minimum atomic E-state index is -0.358. The lowest BCUT2D eigenvalue weighted by atomic mass is 9.95. The van der Waals surface area contributed by atoms with Crippen molar-refractivity contribution in [3.8, 4) is 0 Å². The summed E-state index contributed by atoms with van der Waals surface area (Å²) < 4.78 is 9.90. The highest BCUT2D eigenvalue weighted by Gasteiger charge is 2.27. The molecule has 0 fully saturated rings. The van der Waals surface area contributed by atoms with E-state index in [-0.39, 0.29) is 48.5 Å². The number of aryl methyl sites for hydroxylation is 3. The van der Waals surface area contributed by atoms with Crippen molar-refractivity contribution in [1.29, 1.82) is 0 Å². The van der Waals surface area contributed by atoms with Crippen LogP contribution in [0.15, 0.2) is 72.8 Å². The number of thiophene rings is 1. The molecule has 0 saturated carbocycles. The van der Waals surface area contributed by atoms with Crippen LogP contribution in [0.25, 0.3) is 0 Å². The highest BCUT2D eigenvalue weighted by Crippen LogP contribution is 2.39. The van der Waals surface area contributed by atoms with Crippen LogP contribution in [0, 0.1) is 0 Å². The number of likely N-dealkylation sites (N-methyl/N-ethyl adjacent to an activating group) is 1. The van der Waals surface area contributed by atoms with E-state index in [9.17, 15) is 24.0 Å². The molecule has 5 rings (SSSR count). The van der Waals surface area contributed by atoms with Gasteiger partial charge in [0.1, 0.15) is 5.00 Å². The largest absolute Gasteiger partial charge is 0.466 e. The van der Waals surface area contributed by atoms with Crippen molar-refractivity contribution in [3.05, 3.63) is 117 Å². The van der Waals surface area contributed by atoms with Gasteiger partial charge < -0.3 is 29.9 Å². The van der Waals surface area contributed by atoms with Gasteiger partial charge in [0.2, 0.25) is 5.91 Å². The summed E-state index contributed by atoms with van der Waals surface area (Å²) in [5.41, 5.74) is 6.48. The number of ether oxygens (including phenoxy) is 2. The van der Waals surface area contributed by atoms with Gasteiger partial charge >= 0.3 is 11.9 Å². The molecule has 1 aliphatic carbocycles. The van der Waals surface area contributed by atoms with Gasteiger partial charge in [-0.3, -0.25) is 24.1 Å². The molecule has 1 aromatic heterocycles. The summed E-state index contributed by atoms with van der Waals surface area (Å²) in [6.07, 6.45) is 7.34. The molecule has 0 saturated heterocycles. The molecule has 13 heteroatoms. The van der Waals surface area contributed by atoms with E-state index in [1.54, 1.807) is 19.1 Å². The molecule has 2 N–H and O–H groups in total. The van der Waals surface area contributed by atoms with E-state index in [0.717, 1.165) is 98.1 Å². The van der Waals surface area contributed by atoms with Crippen LogP contribution < -0.4 is 10.6 Å². The van der Waals surface area contributed by atoms with Crippen molar-refractivity contribution < 1.29 is 33.4 Å². The first-order valence-electron chi connectivity index (χ1n) is 23.5. The van der Waals surface area contributed by atoms with Crippen molar-refractivity contribution in [2.24, 2.45) is 0 Å². The highest BCUT2D eigenvalue weighted by atomic mass is 32.1. The van der Waals surface area contributed by atoms with Gasteiger partial charge in [0.05, 0.1) is 31.3 Å². The average molecular weight is 908 g/mol. The molecule has 65 heavy (non-hydrogen) atoms. The van der Waals surface area contributed by atoms with Gasteiger partial charge in [-0.2, -0.15) is 0 Å². The Bertz CT molecular complexity index is 2180. The molecule has 0 aliphatic heterocycles. The molecule has 1 heterocycles. The lowest BCUT2D eigenvalue weighted by molar-refractivity contribution is -0.145. The topological polar surface area (TPSA) is 138 Å². The number of methoxy groups -OCH3 is 1. The third-order valence-electron chi connectivity index (χ3n) is 12.4. The molecule has 0 radical (unpaired) electrons. The third kappa shape index (κ3) is 14.8. The fraction of sp³-hybridized carbons (Fsp3) is 0.481. The number of benzene rings is 3. The van der Waals surface area contributed by atoms with E-state index >= 15 is 0 Å². The molecule has 3 amide bonds. The van der Waals surface area contributed by atoms with Crippen LogP contribution in [0.2, 0.25) is 0 Å². The van der Waals surface area contributed by atoms with E-state index in [4.69, 9.17) is 9.47 Å². The van der Waals surface area contributed by atoms with Crippen molar-refractivity contribution in [2.75, 3.05) is 63.6 Å². The smallest absolute Gasteiger partial charge is 0.337 e. The van der Waals surface area contributed by atoms with Crippen molar-refractivity contribution >= 4 is 51.7 Å². The second-order valence-corrected chi connectivity index (χ2v) is 17.7. The van der Waals surface area contributed by atoms with E-state index < -0.39 is 0 Å². The molecule has 12 nitrogen and oxygen atoms in total. The summed E-state index contributed by atoms with van der Waals surface area (Å²) in [7, 11) is 1.37. The van der Waals surface area contributed by atoms with E-state index in [0.29, 0.717) is 60.2 Å². The molecule has 350 valence electrons. The number of rotatable bonds is 25. The van der Waals surface area contributed by atoms with Gasteiger partial charge in [-0.05, 0) is 130 Å². The fourth-order valence-electron chi connectivity index (χ4n) is 8.49. The number of hydrogen-bond donors (Lipinski definition) is 2. The summed E-state index contributed by atoms with van der Waals surface area (Å²) in [5.74, 6) is -1.27. The molecule has 0 bridgehead atoms. The summed E-state index contributed by atoms with van der Waals surface area (Å²) >= 11 is 1.50. The summed E-state index contributed by atoms with van der Waals surface area (Å²) in [4.78, 5) is 73.3. The van der Waals surface area contributed by atoms with Crippen LogP contribution >= 0.6 is 11.3 Å². The fourth-order valence-corrected chi connectivity index (χ4v) is 9.77. The predicted octanol–water partition coefficient (Wildman–Crippen LogP) is 9.21. The number of carbonyl (C=O) groups is 5. The first-order valence-corrected chi connectivity index (χ1v) is 24.3. The zero-order valence-electron chi connectivity index (χ0n) is 39.3. The Hall–Kier alpha value is -5.37. The number of anilines is 2. The molecule has 0 unspecified atom stereocenters. The summed E-state index contributed by atoms with van der Waals surface area (Å²) in [6.45, 7) is 15.5. The number of hydrogen-bond acceptors (Lipinski definition) is 10. The summed E-state index contributed by atoms with van der Waals surface area (Å²) in [5, 5.41) is 6.81. The zero-order valence-corrected chi connectivity index (χ0v) is 40.2. The van der Waals surface area contributed by atoms with Crippen molar-refractivity contribution in [2.45, 2.75) is 111 Å². The highest BCUT2D eigenvalue weighted by molar-refractivity contribution is 7.17. The Labute approximate surface area is 390 Å². The zero-order chi connectivity index (χ0) is 46.7. The van der Waals surface area contributed by atoms with Gasteiger partial charge in [-0.15, -0.1) is 11.3 Å². The van der Waals surface area contributed by atoms with Gasteiger partial charge in [-0.25, -0.2) is 4.79 Å². The SMILES string of the molecule is CCOC(=O)CCC(=O)N(CCN(CC)CC)CCN(Cc1cccc(C(=O)Nc2sc3c(c2C(=O)Nc2ccc(CCc4ccc(C(=O)OC)cc4)cc2)CCCC3)c1)C(CC)CC. The van der Waals surface area contributed by atoms with Gasteiger partial charge in [-0.1, -0.05) is 64.1 Å². The Balaban J connectivity index is 1.26. The molecule has 3 aromatic carbocycles. The molecule has 0 atom stereocenters. The maximum atomic E-state index is 14.1. The Kier molecular flexibility index (Phi) is 20.2. The minimum absolute atomic E-state index is 0.0522. The van der Waals surface area contributed by atoms with Gasteiger partial charge in [0.25, 0.3) is 11.8 Å². The van der Waals surface area contributed by atoms with Crippen LogP contribution in [0.3, 0.4) is 0 Å². The molecule has 0 spiro atoms. The Morgan fingerprint density at radius 1 is 0.708 bits per heavy atom. The summed E-state index contributed by atoms with van der Waals surface area (Å²) in [6, 6.07) is 23.2. The van der Waals surface area contributed by atoms with Crippen molar-refractivity contribution in [3.63, 3.8) is 0 Å². The molecular formula is C52H69N5O7S. The van der Waals surface area contributed by atoms with Crippen LogP contribution in [-0.2, 0) is 51.3 Å². The predicted molar refractivity (Wildman–Crippen MR) is 260 cm³/mol. The number of esters is 2. The van der Waals surface area contributed by atoms with Crippen LogP contribution in [0.4, 0.5) is 10.7 Å². The molecule has 1 aliphatic rings. The molecular weight excluding hydrogens is 839 g/mol. The van der Waals surface area contributed by atoms with E-state index in [2.05, 4.69) is 48.1 Å². The van der Waals surface area contributed by atoms with E-state index in [1.165, 1.54) is 18.4 Å². The number of amides is 3. The lowest BCUT2D eigenvalue weighted by Crippen LogP contribution is -2.45. The van der Waals surface area contributed by atoms with Gasteiger partial charge in [0, 0.05) is 61.3 Å². The molecule has 4 aromatic rings. The first kappa shape index (κ1) is 50.6. The average Bonchev–Trinajstić information content (AvgIpc) is 3.70. The van der Waals surface area contributed by atoms with Crippen LogP contribution in [-0.4, -0.2) is 103 Å². The van der Waals surface area contributed by atoms with E-state index in [1.807, 2.05) is 65.6 Å². The second-order valence-electron chi connectivity index (χ2n) is 16.6. The number of fused-ring (bicyclic) bond motifs is 1. The standard InChI is InChI=1S/C52H69N5O7S/c1-7-43(8-2)57(34-33-56(32-31-55(9-3)10-4)46(58)29-30-47(59)64-11-5)36-39-15-14-16-41(35-39)49(60)54-51-48(44-17-12-13-18-45(44)65-51)50(61)53-42-27-23-38(24-28-42)20-19-37-21-25-40(26-22-37)52(62)63-6/h14-16,21-28,35,43H,7-13,17-20,29-34,36H2,1-6H3,(H,53,61)(H,54,60). The Morgan fingerprint density at radius 3 is 2.02 bits per heavy atom. The second kappa shape index (κ2) is 25.9. The first-order chi connectivity index (χ1) is 31.5. The quantitative estimate of drug-likeness (QED) is 0.0624. The number of nitrogens with one attached hydrogen (secondary N) is 2. The van der Waals surface area contributed by atoms with Crippen LogP contribution in [0.5, 0.6) is 0 Å². The van der Waals surface area contributed by atoms with Crippen molar-refractivity contribution in [1.82, 2.24) is 14.7 Å². The number of carbonyl (C=O) groups excluding carboxylic acids is 5.